The van der Waals surface area contributed by atoms with Crippen molar-refractivity contribution in [3.05, 3.63) is 34.9 Å². The smallest absolute Gasteiger partial charge is 0.0239 e. The molecule has 0 bridgehead atoms. The van der Waals surface area contributed by atoms with Gasteiger partial charge in [-0.3, -0.25) is 4.90 Å². The Bertz CT molecular complexity index is 431. The summed E-state index contributed by atoms with van der Waals surface area (Å²) in [5, 5.41) is 3.48. The molecule has 2 unspecified atom stereocenters. The number of hydrogen-bond acceptors (Lipinski definition) is 2. The number of rotatable bonds is 2. The standard InChI is InChI=1S/C17H26N2/c1-13-4-3-5-14(2)19(13)12-15-6-7-16-8-9-18-11-17(16)10-15/h6-7,10,13-14,18H,3-5,8-9,11-12H2,1-2H3. The van der Waals surface area contributed by atoms with Gasteiger partial charge in [0.15, 0.2) is 0 Å². The van der Waals surface area contributed by atoms with E-state index in [0.29, 0.717) is 0 Å². The Balaban J connectivity index is 1.75. The highest BCUT2D eigenvalue weighted by atomic mass is 15.2. The first-order valence-corrected chi connectivity index (χ1v) is 7.81. The summed E-state index contributed by atoms with van der Waals surface area (Å²) >= 11 is 0. The minimum absolute atomic E-state index is 0.734. The number of nitrogens with one attached hydrogen (secondary N) is 1. The minimum atomic E-state index is 0.734. The Labute approximate surface area is 117 Å². The van der Waals surface area contributed by atoms with Gasteiger partial charge in [-0.2, -0.15) is 0 Å². The molecule has 1 saturated heterocycles. The quantitative estimate of drug-likeness (QED) is 0.877. The molecule has 0 aromatic heterocycles. The van der Waals surface area contributed by atoms with E-state index in [2.05, 4.69) is 42.3 Å². The zero-order valence-corrected chi connectivity index (χ0v) is 12.3. The Kier molecular flexibility index (Phi) is 3.90. The van der Waals surface area contributed by atoms with Gasteiger partial charge in [-0.25, -0.2) is 0 Å². The molecule has 1 aromatic rings. The van der Waals surface area contributed by atoms with Gasteiger partial charge in [0.1, 0.15) is 0 Å². The lowest BCUT2D eigenvalue weighted by atomic mass is 9.95. The molecular formula is C17H26N2. The van der Waals surface area contributed by atoms with Crippen LogP contribution in [0.4, 0.5) is 0 Å². The van der Waals surface area contributed by atoms with E-state index in [4.69, 9.17) is 0 Å². The molecule has 1 fully saturated rings. The molecule has 2 heterocycles. The van der Waals surface area contributed by atoms with Crippen LogP contribution >= 0.6 is 0 Å². The lowest BCUT2D eigenvalue weighted by molar-refractivity contribution is 0.0952. The lowest BCUT2D eigenvalue weighted by Crippen LogP contribution is -2.43. The minimum Gasteiger partial charge on any atom is -0.312 e. The maximum Gasteiger partial charge on any atom is 0.0239 e. The molecule has 2 heteroatoms. The molecule has 1 aromatic carbocycles. The van der Waals surface area contributed by atoms with Crippen LogP contribution in [-0.4, -0.2) is 23.5 Å². The van der Waals surface area contributed by atoms with E-state index in [1.165, 1.54) is 36.8 Å². The van der Waals surface area contributed by atoms with Crippen molar-refractivity contribution >= 4 is 0 Å². The van der Waals surface area contributed by atoms with Crippen LogP contribution < -0.4 is 5.32 Å². The summed E-state index contributed by atoms with van der Waals surface area (Å²) in [6, 6.07) is 8.59. The maximum atomic E-state index is 3.48. The predicted octanol–water partition coefficient (Wildman–Crippen LogP) is 3.10. The van der Waals surface area contributed by atoms with Crippen molar-refractivity contribution in [3.8, 4) is 0 Å². The first-order chi connectivity index (χ1) is 9.24. The second-order valence-corrected chi connectivity index (χ2v) is 6.33. The normalized spacial score (nSPS) is 28.1. The molecule has 0 saturated carbocycles. The molecular weight excluding hydrogens is 232 g/mol. The number of benzene rings is 1. The van der Waals surface area contributed by atoms with Crippen molar-refractivity contribution < 1.29 is 0 Å². The summed E-state index contributed by atoms with van der Waals surface area (Å²) in [5.41, 5.74) is 4.55. The van der Waals surface area contributed by atoms with Crippen LogP contribution in [0, 0.1) is 0 Å². The van der Waals surface area contributed by atoms with Gasteiger partial charge < -0.3 is 5.32 Å². The molecule has 0 radical (unpaired) electrons. The third-order valence-corrected chi connectivity index (χ3v) is 4.90. The van der Waals surface area contributed by atoms with Crippen LogP contribution in [0.1, 0.15) is 49.8 Å². The Morgan fingerprint density at radius 3 is 2.74 bits per heavy atom. The average Bonchev–Trinajstić information content (AvgIpc) is 2.43. The fourth-order valence-corrected chi connectivity index (χ4v) is 3.63. The monoisotopic (exact) mass is 258 g/mol. The number of piperidine rings is 1. The van der Waals surface area contributed by atoms with Crippen LogP contribution in [0.15, 0.2) is 18.2 Å². The number of fused-ring (bicyclic) bond motifs is 1. The SMILES string of the molecule is CC1CCCC(C)N1Cc1ccc2c(c1)CNCC2. The summed E-state index contributed by atoms with van der Waals surface area (Å²) in [6.45, 7) is 8.07. The van der Waals surface area contributed by atoms with Gasteiger partial charge in [-0.05, 0) is 56.3 Å². The van der Waals surface area contributed by atoms with Crippen LogP contribution in [0.3, 0.4) is 0 Å². The molecule has 0 amide bonds. The second kappa shape index (κ2) is 5.64. The van der Waals surface area contributed by atoms with E-state index in [-0.39, 0.29) is 0 Å². The topological polar surface area (TPSA) is 15.3 Å². The molecule has 2 aliphatic heterocycles. The first kappa shape index (κ1) is 13.1. The third kappa shape index (κ3) is 2.85. The fraction of sp³-hybridized carbons (Fsp3) is 0.647. The molecule has 3 rings (SSSR count). The highest BCUT2D eigenvalue weighted by Gasteiger charge is 2.24. The molecule has 104 valence electrons. The van der Waals surface area contributed by atoms with Crippen molar-refractivity contribution in [2.24, 2.45) is 0 Å². The van der Waals surface area contributed by atoms with Gasteiger partial charge in [-0.15, -0.1) is 0 Å². The number of likely N-dealkylation sites (tertiary alicyclic amines) is 1. The molecule has 19 heavy (non-hydrogen) atoms. The van der Waals surface area contributed by atoms with Crippen LogP contribution in [0.2, 0.25) is 0 Å². The largest absolute Gasteiger partial charge is 0.312 e. The molecule has 2 atom stereocenters. The summed E-state index contributed by atoms with van der Waals surface area (Å²) in [4.78, 5) is 2.68. The Hall–Kier alpha value is -0.860. The van der Waals surface area contributed by atoms with Crippen molar-refractivity contribution in [2.45, 2.75) is 64.7 Å². The molecule has 0 spiro atoms. The Morgan fingerprint density at radius 1 is 1.16 bits per heavy atom. The van der Waals surface area contributed by atoms with Crippen molar-refractivity contribution in [2.75, 3.05) is 6.54 Å². The first-order valence-electron chi connectivity index (χ1n) is 7.81. The second-order valence-electron chi connectivity index (χ2n) is 6.33. The van der Waals surface area contributed by atoms with Gasteiger partial charge in [0.25, 0.3) is 0 Å². The van der Waals surface area contributed by atoms with Gasteiger partial charge in [0.2, 0.25) is 0 Å². The summed E-state index contributed by atoms with van der Waals surface area (Å²) < 4.78 is 0. The molecule has 2 aliphatic rings. The van der Waals surface area contributed by atoms with Crippen LogP contribution in [0.25, 0.3) is 0 Å². The average molecular weight is 258 g/mol. The lowest BCUT2D eigenvalue weighted by Gasteiger charge is -2.39. The van der Waals surface area contributed by atoms with Crippen LogP contribution in [-0.2, 0) is 19.5 Å². The van der Waals surface area contributed by atoms with E-state index in [9.17, 15) is 0 Å². The van der Waals surface area contributed by atoms with Crippen molar-refractivity contribution in [1.82, 2.24) is 10.2 Å². The number of hydrogen-bond donors (Lipinski definition) is 1. The molecule has 0 aliphatic carbocycles. The highest BCUT2D eigenvalue weighted by Crippen LogP contribution is 2.25. The van der Waals surface area contributed by atoms with Gasteiger partial charge in [-0.1, -0.05) is 24.6 Å². The molecule has 2 nitrogen and oxygen atoms in total. The summed E-state index contributed by atoms with van der Waals surface area (Å²) in [6.07, 6.45) is 5.30. The molecule has 1 N–H and O–H groups in total. The number of nitrogens with zero attached hydrogens (tertiary/aromatic N) is 1. The van der Waals surface area contributed by atoms with E-state index < -0.39 is 0 Å². The van der Waals surface area contributed by atoms with Crippen molar-refractivity contribution in [1.29, 1.82) is 0 Å². The fourth-order valence-electron chi connectivity index (χ4n) is 3.63. The van der Waals surface area contributed by atoms with E-state index in [0.717, 1.165) is 31.7 Å². The highest BCUT2D eigenvalue weighted by molar-refractivity contribution is 5.33. The zero-order valence-electron chi connectivity index (χ0n) is 12.3. The van der Waals surface area contributed by atoms with E-state index in [1.54, 1.807) is 5.56 Å². The zero-order chi connectivity index (χ0) is 13.2. The predicted molar refractivity (Wildman–Crippen MR) is 80.2 cm³/mol. The maximum absolute atomic E-state index is 3.48. The van der Waals surface area contributed by atoms with Gasteiger partial charge in [0.05, 0.1) is 0 Å². The Morgan fingerprint density at radius 2 is 1.95 bits per heavy atom. The van der Waals surface area contributed by atoms with Gasteiger partial charge in [0, 0.05) is 25.2 Å². The van der Waals surface area contributed by atoms with E-state index >= 15 is 0 Å². The summed E-state index contributed by atoms with van der Waals surface area (Å²) in [5.74, 6) is 0. The van der Waals surface area contributed by atoms with Gasteiger partial charge >= 0.3 is 0 Å². The third-order valence-electron chi connectivity index (χ3n) is 4.90. The summed E-state index contributed by atoms with van der Waals surface area (Å²) in [7, 11) is 0. The van der Waals surface area contributed by atoms with Crippen molar-refractivity contribution in [3.63, 3.8) is 0 Å². The van der Waals surface area contributed by atoms with Crippen LogP contribution in [0.5, 0.6) is 0 Å². The van der Waals surface area contributed by atoms with E-state index in [1.807, 2.05) is 0 Å².